The zero-order valence-electron chi connectivity index (χ0n) is 9.45. The molecular weight excluding hydrogens is 188 g/mol. The molecule has 1 aliphatic heterocycles. The van der Waals surface area contributed by atoms with E-state index in [1.165, 1.54) is 12.8 Å². The van der Waals surface area contributed by atoms with Gasteiger partial charge in [-0.3, -0.25) is 4.79 Å². The Morgan fingerprint density at radius 1 is 1.40 bits per heavy atom. The summed E-state index contributed by atoms with van der Waals surface area (Å²) in [6.07, 6.45) is 7.92. The second-order valence-corrected chi connectivity index (χ2v) is 5.49. The number of allylic oxidation sites excluding steroid dienone is 2. The van der Waals surface area contributed by atoms with Crippen LogP contribution in [0, 0.1) is 22.7 Å². The van der Waals surface area contributed by atoms with Gasteiger partial charge in [-0.15, -0.1) is 0 Å². The normalized spacial score (nSPS) is 51.7. The number of hydrogen-bond acceptors (Lipinski definition) is 2. The van der Waals surface area contributed by atoms with Gasteiger partial charge in [-0.2, -0.15) is 0 Å². The number of ether oxygens (including phenoxy) is 1. The zero-order chi connectivity index (χ0) is 10.7. The summed E-state index contributed by atoms with van der Waals surface area (Å²) < 4.78 is 5.40. The summed E-state index contributed by atoms with van der Waals surface area (Å²) in [5.41, 5.74) is -0.138. The van der Waals surface area contributed by atoms with E-state index in [-0.39, 0.29) is 16.8 Å². The second kappa shape index (κ2) is 2.66. The molecule has 2 heteroatoms. The van der Waals surface area contributed by atoms with Crippen LogP contribution in [0.25, 0.3) is 0 Å². The zero-order valence-corrected chi connectivity index (χ0v) is 9.45. The van der Waals surface area contributed by atoms with Crippen LogP contribution >= 0.6 is 0 Å². The smallest absolute Gasteiger partial charge is 0.313 e. The fourth-order valence-corrected chi connectivity index (χ4v) is 4.29. The first-order chi connectivity index (χ1) is 7.15. The second-order valence-electron chi connectivity index (χ2n) is 5.49. The van der Waals surface area contributed by atoms with Crippen molar-refractivity contribution in [3.8, 4) is 0 Å². The van der Waals surface area contributed by atoms with Gasteiger partial charge in [0.25, 0.3) is 0 Å². The van der Waals surface area contributed by atoms with Gasteiger partial charge in [0.2, 0.25) is 0 Å². The van der Waals surface area contributed by atoms with Gasteiger partial charge < -0.3 is 4.74 Å². The van der Waals surface area contributed by atoms with Crippen LogP contribution in [0.4, 0.5) is 0 Å². The van der Waals surface area contributed by atoms with Crippen LogP contribution in [-0.2, 0) is 9.53 Å². The Hall–Kier alpha value is -0.790. The van der Waals surface area contributed by atoms with Crippen molar-refractivity contribution in [1.82, 2.24) is 0 Å². The van der Waals surface area contributed by atoms with Crippen molar-refractivity contribution in [1.29, 1.82) is 0 Å². The summed E-state index contributed by atoms with van der Waals surface area (Å²) in [5.74, 6) is 1.04. The molecule has 4 aliphatic rings. The molecule has 2 nitrogen and oxygen atoms in total. The molecule has 15 heavy (non-hydrogen) atoms. The lowest BCUT2D eigenvalue weighted by Gasteiger charge is -2.54. The Morgan fingerprint density at radius 3 is 2.60 bits per heavy atom. The van der Waals surface area contributed by atoms with Crippen LogP contribution in [-0.4, -0.2) is 12.6 Å². The van der Waals surface area contributed by atoms with E-state index < -0.39 is 0 Å². The Bertz CT molecular complexity index is 346. The van der Waals surface area contributed by atoms with Crippen LogP contribution < -0.4 is 0 Å². The SMILES string of the molecule is CCC12C(=O)OCC1(C)C1C=CC2CC1. The maximum Gasteiger partial charge on any atom is 0.313 e. The molecule has 1 saturated heterocycles. The average molecular weight is 206 g/mol. The maximum absolute atomic E-state index is 12.1. The number of carbonyl (C=O) groups is 1. The number of fused-ring (bicyclic) bond motifs is 1. The molecule has 1 saturated carbocycles. The molecule has 2 bridgehead atoms. The molecule has 3 aliphatic carbocycles. The van der Waals surface area contributed by atoms with E-state index in [2.05, 4.69) is 26.0 Å². The number of hydrogen-bond donors (Lipinski definition) is 0. The highest BCUT2D eigenvalue weighted by atomic mass is 16.5. The van der Waals surface area contributed by atoms with Gasteiger partial charge in [-0.1, -0.05) is 26.0 Å². The van der Waals surface area contributed by atoms with Gasteiger partial charge in [-0.25, -0.2) is 0 Å². The number of esters is 1. The Morgan fingerprint density at radius 2 is 2.07 bits per heavy atom. The third-order valence-corrected chi connectivity index (χ3v) is 5.26. The minimum atomic E-state index is -0.204. The molecule has 0 amide bonds. The molecule has 0 aromatic heterocycles. The summed E-state index contributed by atoms with van der Waals surface area (Å²) in [4.78, 5) is 12.1. The third kappa shape index (κ3) is 0.812. The maximum atomic E-state index is 12.1. The van der Waals surface area contributed by atoms with Crippen molar-refractivity contribution in [3.63, 3.8) is 0 Å². The molecule has 4 atom stereocenters. The van der Waals surface area contributed by atoms with E-state index in [4.69, 9.17) is 4.74 Å². The van der Waals surface area contributed by atoms with Crippen LogP contribution in [0.3, 0.4) is 0 Å². The van der Waals surface area contributed by atoms with Crippen molar-refractivity contribution in [3.05, 3.63) is 12.2 Å². The summed E-state index contributed by atoms with van der Waals surface area (Å²) in [7, 11) is 0. The van der Waals surface area contributed by atoms with E-state index in [1.54, 1.807) is 0 Å². The van der Waals surface area contributed by atoms with Gasteiger partial charge in [0.1, 0.15) is 0 Å². The van der Waals surface area contributed by atoms with Crippen LogP contribution in [0.1, 0.15) is 33.1 Å². The van der Waals surface area contributed by atoms with Crippen molar-refractivity contribution in [2.24, 2.45) is 22.7 Å². The quantitative estimate of drug-likeness (QED) is 0.487. The first kappa shape index (κ1) is 9.44. The molecule has 4 unspecified atom stereocenters. The fraction of sp³-hybridized carbons (Fsp3) is 0.769. The predicted molar refractivity (Wildman–Crippen MR) is 57.1 cm³/mol. The Labute approximate surface area is 90.7 Å². The molecule has 4 rings (SSSR count). The first-order valence-electron chi connectivity index (χ1n) is 6.00. The van der Waals surface area contributed by atoms with Crippen molar-refractivity contribution < 1.29 is 9.53 Å². The molecule has 1 heterocycles. The molecule has 2 fully saturated rings. The number of cyclic esters (lactones) is 1. The molecule has 82 valence electrons. The molecule has 0 spiro atoms. The lowest BCUT2D eigenvalue weighted by molar-refractivity contribution is -0.153. The summed E-state index contributed by atoms with van der Waals surface area (Å²) >= 11 is 0. The van der Waals surface area contributed by atoms with Crippen LogP contribution in [0.5, 0.6) is 0 Å². The predicted octanol–water partition coefficient (Wildman–Crippen LogP) is 2.54. The average Bonchev–Trinajstić information content (AvgIpc) is 2.56. The largest absolute Gasteiger partial charge is 0.465 e. The van der Waals surface area contributed by atoms with E-state index in [1.807, 2.05) is 0 Å². The topological polar surface area (TPSA) is 26.3 Å². The van der Waals surface area contributed by atoms with Gasteiger partial charge >= 0.3 is 5.97 Å². The van der Waals surface area contributed by atoms with Crippen LogP contribution in [0.15, 0.2) is 12.2 Å². The molecular formula is C13H18O2. The van der Waals surface area contributed by atoms with Crippen molar-refractivity contribution in [2.75, 3.05) is 6.61 Å². The van der Waals surface area contributed by atoms with E-state index in [9.17, 15) is 4.79 Å². The fourth-order valence-electron chi connectivity index (χ4n) is 4.29. The molecule has 0 aromatic carbocycles. The van der Waals surface area contributed by atoms with Crippen molar-refractivity contribution in [2.45, 2.75) is 33.1 Å². The van der Waals surface area contributed by atoms with Gasteiger partial charge in [0.15, 0.2) is 0 Å². The standard InChI is InChI=1S/C13H18O2/c1-3-13-10-6-4-9(5-7-10)12(13,2)8-15-11(13)14/h4,6,9-10H,3,5,7-8H2,1-2H3. The third-order valence-electron chi connectivity index (χ3n) is 5.26. The van der Waals surface area contributed by atoms with Gasteiger partial charge in [-0.05, 0) is 31.1 Å². The lowest BCUT2D eigenvalue weighted by Crippen LogP contribution is -2.55. The van der Waals surface area contributed by atoms with E-state index >= 15 is 0 Å². The number of carbonyl (C=O) groups excluding carboxylic acids is 1. The van der Waals surface area contributed by atoms with E-state index in [0.717, 1.165) is 6.42 Å². The highest BCUT2D eigenvalue weighted by Gasteiger charge is 2.67. The van der Waals surface area contributed by atoms with Gasteiger partial charge in [0, 0.05) is 5.41 Å². The van der Waals surface area contributed by atoms with Crippen LogP contribution in [0.2, 0.25) is 0 Å². The highest BCUT2D eigenvalue weighted by molar-refractivity contribution is 5.81. The summed E-state index contributed by atoms with van der Waals surface area (Å²) in [5, 5.41) is 0. The summed E-state index contributed by atoms with van der Waals surface area (Å²) in [6.45, 7) is 5.02. The van der Waals surface area contributed by atoms with Gasteiger partial charge in [0.05, 0.1) is 12.0 Å². The minimum Gasteiger partial charge on any atom is -0.465 e. The highest BCUT2D eigenvalue weighted by Crippen LogP contribution is 2.65. The molecule has 0 aromatic rings. The summed E-state index contributed by atoms with van der Waals surface area (Å²) in [6, 6.07) is 0. The van der Waals surface area contributed by atoms with E-state index in [0.29, 0.717) is 18.4 Å². The first-order valence-corrected chi connectivity index (χ1v) is 6.00. The Kier molecular flexibility index (Phi) is 1.67. The minimum absolute atomic E-state index is 0.0616. The Balaban J connectivity index is 2.19. The molecule has 0 radical (unpaired) electrons. The van der Waals surface area contributed by atoms with Crippen molar-refractivity contribution >= 4 is 5.97 Å². The molecule has 0 N–H and O–H groups in total. The lowest BCUT2D eigenvalue weighted by atomic mass is 9.46. The number of rotatable bonds is 1. The monoisotopic (exact) mass is 206 g/mol.